The minimum Gasteiger partial charge on any atom is -0.468 e. The third-order valence-corrected chi connectivity index (χ3v) is 5.72. The van der Waals surface area contributed by atoms with Crippen molar-refractivity contribution in [3.63, 3.8) is 0 Å². The van der Waals surface area contributed by atoms with Gasteiger partial charge in [-0.25, -0.2) is 4.98 Å². The van der Waals surface area contributed by atoms with Gasteiger partial charge in [0.05, 0.1) is 17.3 Å². The van der Waals surface area contributed by atoms with E-state index in [2.05, 4.69) is 21.1 Å². The van der Waals surface area contributed by atoms with E-state index in [1.54, 1.807) is 35.2 Å². The van der Waals surface area contributed by atoms with Crippen molar-refractivity contribution in [2.45, 2.75) is 10.1 Å². The molecule has 25 heavy (non-hydrogen) atoms. The number of esters is 1. The van der Waals surface area contributed by atoms with Crippen molar-refractivity contribution < 1.29 is 14.3 Å². The molecule has 0 bridgehead atoms. The first-order valence-corrected chi connectivity index (χ1v) is 9.38. The van der Waals surface area contributed by atoms with E-state index in [0.717, 1.165) is 21.2 Å². The van der Waals surface area contributed by atoms with Crippen LogP contribution in [0.2, 0.25) is 0 Å². The molecule has 0 aliphatic rings. The molecule has 0 spiro atoms. The molecule has 0 saturated heterocycles. The highest BCUT2D eigenvalue weighted by Gasteiger charge is 2.08. The van der Waals surface area contributed by atoms with Gasteiger partial charge in [0.2, 0.25) is 0 Å². The number of para-hydroxylation sites is 1. The fourth-order valence-electron chi connectivity index (χ4n) is 2.14. The number of thioether (sulfide) groups is 1. The molecular weight excluding hydrogens is 356 g/mol. The molecule has 1 heterocycles. The van der Waals surface area contributed by atoms with Crippen molar-refractivity contribution in [1.29, 1.82) is 0 Å². The van der Waals surface area contributed by atoms with E-state index < -0.39 is 5.97 Å². The average Bonchev–Trinajstić information content (AvgIpc) is 3.07. The van der Waals surface area contributed by atoms with Gasteiger partial charge in [-0.2, -0.15) is 0 Å². The molecule has 128 valence electrons. The maximum Gasteiger partial charge on any atom is 0.325 e. The van der Waals surface area contributed by atoms with E-state index in [9.17, 15) is 9.59 Å². The molecule has 2 aromatic carbocycles. The van der Waals surface area contributed by atoms with Crippen LogP contribution in [0.4, 0.5) is 0 Å². The van der Waals surface area contributed by atoms with Crippen molar-refractivity contribution in [2.24, 2.45) is 0 Å². The number of aromatic nitrogens is 1. The van der Waals surface area contributed by atoms with Crippen molar-refractivity contribution in [2.75, 3.05) is 13.7 Å². The van der Waals surface area contributed by atoms with Gasteiger partial charge < -0.3 is 10.1 Å². The molecule has 0 aliphatic heterocycles. The van der Waals surface area contributed by atoms with Gasteiger partial charge in [-0.05, 0) is 29.8 Å². The molecule has 0 fully saturated rings. The van der Waals surface area contributed by atoms with E-state index in [0.29, 0.717) is 5.56 Å². The number of methoxy groups -OCH3 is 1. The average molecular weight is 372 g/mol. The maximum atomic E-state index is 11.9. The van der Waals surface area contributed by atoms with Crippen LogP contribution >= 0.6 is 23.1 Å². The molecule has 0 aliphatic carbocycles. The van der Waals surface area contributed by atoms with Gasteiger partial charge in [0.15, 0.2) is 4.34 Å². The molecule has 1 amide bonds. The number of carbonyl (C=O) groups excluding carboxylic acids is 2. The monoisotopic (exact) mass is 372 g/mol. The van der Waals surface area contributed by atoms with Crippen molar-refractivity contribution in [3.8, 4) is 0 Å². The van der Waals surface area contributed by atoms with Gasteiger partial charge in [-0.15, -0.1) is 11.3 Å². The van der Waals surface area contributed by atoms with Gasteiger partial charge in [-0.1, -0.05) is 36.0 Å². The first-order valence-electron chi connectivity index (χ1n) is 7.58. The lowest BCUT2D eigenvalue weighted by molar-refractivity contribution is -0.139. The maximum absolute atomic E-state index is 11.9. The van der Waals surface area contributed by atoms with Gasteiger partial charge >= 0.3 is 5.97 Å². The van der Waals surface area contributed by atoms with Gasteiger partial charge in [0.1, 0.15) is 6.54 Å². The number of thiazole rings is 1. The Hall–Kier alpha value is -2.38. The number of nitrogens with one attached hydrogen (secondary N) is 1. The smallest absolute Gasteiger partial charge is 0.325 e. The van der Waals surface area contributed by atoms with Crippen LogP contribution in [0.1, 0.15) is 15.9 Å². The van der Waals surface area contributed by atoms with Crippen LogP contribution in [0.3, 0.4) is 0 Å². The number of nitrogens with zero attached hydrogens (tertiary/aromatic N) is 1. The first-order chi connectivity index (χ1) is 12.2. The lowest BCUT2D eigenvalue weighted by atomic mass is 10.1. The molecule has 0 radical (unpaired) electrons. The molecule has 1 aromatic heterocycles. The molecule has 0 unspecified atom stereocenters. The summed E-state index contributed by atoms with van der Waals surface area (Å²) in [4.78, 5) is 27.6. The summed E-state index contributed by atoms with van der Waals surface area (Å²) in [6, 6.07) is 15.4. The number of carbonyl (C=O) groups is 2. The Morgan fingerprint density at radius 1 is 1.16 bits per heavy atom. The Kier molecular flexibility index (Phi) is 5.67. The van der Waals surface area contributed by atoms with Gasteiger partial charge in [0, 0.05) is 11.3 Å². The molecule has 5 nitrogen and oxygen atoms in total. The molecule has 3 rings (SSSR count). The lowest BCUT2D eigenvalue weighted by Crippen LogP contribution is -2.30. The van der Waals surface area contributed by atoms with Crippen LogP contribution < -0.4 is 5.32 Å². The number of hydrogen-bond donors (Lipinski definition) is 1. The summed E-state index contributed by atoms with van der Waals surface area (Å²) in [5.41, 5.74) is 2.64. The highest BCUT2D eigenvalue weighted by atomic mass is 32.2. The summed E-state index contributed by atoms with van der Waals surface area (Å²) in [6.45, 7) is -0.134. The Balaban J connectivity index is 1.57. The third-order valence-electron chi connectivity index (χ3n) is 3.47. The van der Waals surface area contributed by atoms with Crippen LogP contribution in [0.25, 0.3) is 10.2 Å². The van der Waals surface area contributed by atoms with E-state index >= 15 is 0 Å². The summed E-state index contributed by atoms with van der Waals surface area (Å²) in [5.74, 6) is 0.0112. The van der Waals surface area contributed by atoms with Crippen LogP contribution in [-0.2, 0) is 15.3 Å². The Morgan fingerprint density at radius 2 is 1.92 bits per heavy atom. The highest BCUT2D eigenvalue weighted by molar-refractivity contribution is 8.00. The number of ether oxygens (including phenoxy) is 1. The predicted molar refractivity (Wildman–Crippen MR) is 100.0 cm³/mol. The van der Waals surface area contributed by atoms with Crippen molar-refractivity contribution in [3.05, 3.63) is 59.7 Å². The zero-order valence-electron chi connectivity index (χ0n) is 13.5. The Morgan fingerprint density at radius 3 is 2.64 bits per heavy atom. The lowest BCUT2D eigenvalue weighted by Gasteiger charge is -2.05. The second kappa shape index (κ2) is 8.13. The largest absolute Gasteiger partial charge is 0.468 e. The second-order valence-electron chi connectivity index (χ2n) is 5.19. The molecule has 1 N–H and O–H groups in total. The van der Waals surface area contributed by atoms with Crippen LogP contribution in [0.15, 0.2) is 52.9 Å². The second-order valence-corrected chi connectivity index (χ2v) is 7.45. The number of benzene rings is 2. The molecule has 0 atom stereocenters. The highest BCUT2D eigenvalue weighted by Crippen LogP contribution is 2.31. The van der Waals surface area contributed by atoms with E-state index in [1.165, 1.54) is 11.8 Å². The molecular formula is C18H16N2O3S2. The summed E-state index contributed by atoms with van der Waals surface area (Å²) >= 11 is 3.36. The number of rotatable bonds is 6. The summed E-state index contributed by atoms with van der Waals surface area (Å²) in [5, 5.41) is 2.51. The molecule has 7 heteroatoms. The minimum atomic E-state index is -0.475. The first kappa shape index (κ1) is 17.4. The van der Waals surface area contributed by atoms with Crippen molar-refractivity contribution in [1.82, 2.24) is 10.3 Å². The van der Waals surface area contributed by atoms with Gasteiger partial charge in [0.25, 0.3) is 5.91 Å². The zero-order valence-corrected chi connectivity index (χ0v) is 15.2. The molecule has 3 aromatic rings. The van der Waals surface area contributed by atoms with Gasteiger partial charge in [-0.3, -0.25) is 9.59 Å². The quantitative estimate of drug-likeness (QED) is 0.530. The fourth-order valence-corrected chi connectivity index (χ4v) is 4.16. The predicted octanol–water partition coefficient (Wildman–Crippen LogP) is 3.49. The van der Waals surface area contributed by atoms with E-state index in [4.69, 9.17) is 0 Å². The topological polar surface area (TPSA) is 68.3 Å². The zero-order chi connectivity index (χ0) is 17.6. The van der Waals surface area contributed by atoms with E-state index in [-0.39, 0.29) is 12.5 Å². The summed E-state index contributed by atoms with van der Waals surface area (Å²) < 4.78 is 6.70. The summed E-state index contributed by atoms with van der Waals surface area (Å²) in [7, 11) is 1.28. The number of amides is 1. The normalized spacial score (nSPS) is 10.6. The third kappa shape index (κ3) is 4.58. The SMILES string of the molecule is COC(=O)CNC(=O)c1ccc(CSc2nc3ccccc3s2)cc1. The fraction of sp³-hybridized carbons (Fsp3) is 0.167. The van der Waals surface area contributed by atoms with Crippen LogP contribution in [0.5, 0.6) is 0 Å². The Labute approximate surface area is 153 Å². The van der Waals surface area contributed by atoms with Crippen LogP contribution in [-0.4, -0.2) is 30.5 Å². The van der Waals surface area contributed by atoms with Crippen LogP contribution in [0, 0.1) is 0 Å². The summed E-state index contributed by atoms with van der Waals surface area (Å²) in [6.07, 6.45) is 0. The van der Waals surface area contributed by atoms with Crippen molar-refractivity contribution >= 4 is 45.2 Å². The number of fused-ring (bicyclic) bond motifs is 1. The Bertz CT molecular complexity index is 858. The van der Waals surface area contributed by atoms with E-state index in [1.807, 2.05) is 30.3 Å². The molecule has 0 saturated carbocycles. The minimum absolute atomic E-state index is 0.134. The standard InChI is InChI=1S/C18H16N2O3S2/c1-23-16(21)10-19-17(22)13-8-6-12(7-9-13)11-24-18-20-14-4-2-3-5-15(14)25-18/h2-9H,10-11H2,1H3,(H,19,22). The number of hydrogen-bond acceptors (Lipinski definition) is 6.